The molecule has 1 amide bonds. The van der Waals surface area contributed by atoms with Crippen LogP contribution in [-0.2, 0) is 10.5 Å². The standard InChI is InChI=1S/C17H24N4O2S2.ClH/c1-9-10(2)25-16-14(9)15(22)19-13(20-16)8-24-11(3)17(23)21-6-4-12(18)5-7-21;/h11-12H,4-8,18H2,1-3H3,(H,19,20,22);1H. The normalized spacial score (nSPS) is 16.5. The number of rotatable bonds is 4. The molecule has 26 heavy (non-hydrogen) atoms. The molecule has 0 saturated carbocycles. The van der Waals surface area contributed by atoms with Gasteiger partial charge in [0.05, 0.1) is 16.4 Å². The zero-order chi connectivity index (χ0) is 18.1. The molecule has 1 unspecified atom stereocenters. The second kappa shape index (κ2) is 8.73. The molecule has 3 N–H and O–H groups in total. The molecule has 0 spiro atoms. The first-order chi connectivity index (χ1) is 11.9. The van der Waals surface area contributed by atoms with Gasteiger partial charge >= 0.3 is 0 Å². The molecule has 1 atom stereocenters. The number of hydrogen-bond donors (Lipinski definition) is 2. The van der Waals surface area contributed by atoms with Crippen molar-refractivity contribution in [3.63, 3.8) is 0 Å². The summed E-state index contributed by atoms with van der Waals surface area (Å²) in [6, 6.07) is 0.214. The van der Waals surface area contributed by atoms with Crippen molar-refractivity contribution in [2.75, 3.05) is 13.1 Å². The Bertz CT molecular complexity index is 843. The zero-order valence-electron chi connectivity index (χ0n) is 15.2. The van der Waals surface area contributed by atoms with Crippen LogP contribution in [0.25, 0.3) is 10.2 Å². The Morgan fingerprint density at radius 2 is 2.08 bits per heavy atom. The van der Waals surface area contributed by atoms with E-state index >= 15 is 0 Å². The Balaban J connectivity index is 0.00000243. The number of amides is 1. The molecule has 1 aliphatic heterocycles. The summed E-state index contributed by atoms with van der Waals surface area (Å²) < 4.78 is 0. The number of nitrogens with zero attached hydrogens (tertiary/aromatic N) is 2. The SMILES string of the molecule is Cc1sc2nc(CSC(C)C(=O)N3CCC(N)CC3)[nH]c(=O)c2c1C.Cl. The summed E-state index contributed by atoms with van der Waals surface area (Å²) >= 11 is 3.05. The van der Waals surface area contributed by atoms with E-state index in [0.29, 0.717) is 17.0 Å². The average Bonchev–Trinajstić information content (AvgIpc) is 2.87. The van der Waals surface area contributed by atoms with Crippen molar-refractivity contribution in [1.82, 2.24) is 14.9 Å². The molecular weight excluding hydrogens is 392 g/mol. The molecule has 2 aromatic rings. The topological polar surface area (TPSA) is 92.1 Å². The first-order valence-electron chi connectivity index (χ1n) is 8.51. The highest BCUT2D eigenvalue weighted by Crippen LogP contribution is 2.27. The summed E-state index contributed by atoms with van der Waals surface area (Å²) in [7, 11) is 0. The Labute approximate surface area is 167 Å². The monoisotopic (exact) mass is 416 g/mol. The van der Waals surface area contributed by atoms with Crippen molar-refractivity contribution < 1.29 is 4.79 Å². The number of fused-ring (bicyclic) bond motifs is 1. The number of aromatic amines is 1. The summed E-state index contributed by atoms with van der Waals surface area (Å²) in [6.07, 6.45) is 1.73. The van der Waals surface area contributed by atoms with E-state index in [0.717, 1.165) is 41.2 Å². The van der Waals surface area contributed by atoms with Gasteiger partial charge in [-0.25, -0.2) is 4.98 Å². The molecule has 9 heteroatoms. The van der Waals surface area contributed by atoms with Crippen LogP contribution in [0, 0.1) is 13.8 Å². The van der Waals surface area contributed by atoms with E-state index < -0.39 is 0 Å². The molecule has 3 heterocycles. The number of carbonyl (C=O) groups excluding carboxylic acids is 1. The smallest absolute Gasteiger partial charge is 0.259 e. The number of halogens is 1. The maximum atomic E-state index is 12.5. The Morgan fingerprint density at radius 3 is 2.73 bits per heavy atom. The van der Waals surface area contributed by atoms with E-state index in [1.54, 1.807) is 11.3 Å². The highest BCUT2D eigenvalue weighted by atomic mass is 35.5. The van der Waals surface area contributed by atoms with Crippen molar-refractivity contribution in [2.24, 2.45) is 5.73 Å². The minimum absolute atomic E-state index is 0. The lowest BCUT2D eigenvalue weighted by Gasteiger charge is -2.31. The van der Waals surface area contributed by atoms with Gasteiger partial charge < -0.3 is 15.6 Å². The third-order valence-electron chi connectivity index (χ3n) is 4.76. The number of aromatic nitrogens is 2. The lowest BCUT2D eigenvalue weighted by Crippen LogP contribution is -2.45. The van der Waals surface area contributed by atoms with E-state index in [1.165, 1.54) is 11.8 Å². The summed E-state index contributed by atoms with van der Waals surface area (Å²) in [5.74, 6) is 1.29. The number of nitrogens with one attached hydrogen (secondary N) is 1. The van der Waals surface area contributed by atoms with Gasteiger partial charge in [-0.3, -0.25) is 9.59 Å². The van der Waals surface area contributed by atoms with Crippen LogP contribution in [0.5, 0.6) is 0 Å². The van der Waals surface area contributed by atoms with Crippen LogP contribution in [0.2, 0.25) is 0 Å². The maximum absolute atomic E-state index is 12.5. The average molecular weight is 417 g/mol. The lowest BCUT2D eigenvalue weighted by molar-refractivity contribution is -0.131. The fourth-order valence-corrected chi connectivity index (χ4v) is 4.90. The molecular formula is C17H25ClN4O2S2. The van der Waals surface area contributed by atoms with Crippen molar-refractivity contribution in [3.8, 4) is 0 Å². The molecule has 3 rings (SSSR count). The zero-order valence-corrected chi connectivity index (χ0v) is 17.7. The predicted molar refractivity (Wildman–Crippen MR) is 112 cm³/mol. The van der Waals surface area contributed by atoms with Crippen LogP contribution in [0.3, 0.4) is 0 Å². The van der Waals surface area contributed by atoms with Crippen molar-refractivity contribution in [1.29, 1.82) is 0 Å². The van der Waals surface area contributed by atoms with Crippen LogP contribution in [0.4, 0.5) is 0 Å². The maximum Gasteiger partial charge on any atom is 0.259 e. The van der Waals surface area contributed by atoms with Gasteiger partial charge in [-0.05, 0) is 39.2 Å². The van der Waals surface area contributed by atoms with Crippen LogP contribution in [0.1, 0.15) is 36.0 Å². The summed E-state index contributed by atoms with van der Waals surface area (Å²) in [4.78, 5) is 36.1. The van der Waals surface area contributed by atoms with E-state index in [4.69, 9.17) is 5.73 Å². The van der Waals surface area contributed by atoms with Gasteiger partial charge in [0.25, 0.3) is 5.56 Å². The molecule has 0 aliphatic carbocycles. The molecule has 6 nitrogen and oxygen atoms in total. The Kier molecular flexibility index (Phi) is 7.12. The van der Waals surface area contributed by atoms with Crippen LogP contribution >= 0.6 is 35.5 Å². The summed E-state index contributed by atoms with van der Waals surface area (Å²) in [6.45, 7) is 7.34. The Hall–Kier alpha value is -1.09. The number of aryl methyl sites for hydroxylation is 2. The fourth-order valence-electron chi connectivity index (χ4n) is 3.02. The molecule has 0 bridgehead atoms. The number of thiophene rings is 1. The molecule has 1 fully saturated rings. The minimum atomic E-state index is -0.165. The number of carbonyl (C=O) groups is 1. The Morgan fingerprint density at radius 1 is 1.42 bits per heavy atom. The van der Waals surface area contributed by atoms with Gasteiger partial charge in [0.1, 0.15) is 10.7 Å². The largest absolute Gasteiger partial charge is 0.342 e. The molecule has 1 saturated heterocycles. The van der Waals surface area contributed by atoms with Crippen molar-refractivity contribution >= 4 is 51.6 Å². The van der Waals surface area contributed by atoms with Crippen molar-refractivity contribution in [2.45, 2.75) is 50.7 Å². The van der Waals surface area contributed by atoms with Crippen LogP contribution < -0.4 is 11.3 Å². The van der Waals surface area contributed by atoms with Crippen molar-refractivity contribution in [3.05, 3.63) is 26.6 Å². The molecule has 0 radical (unpaired) electrons. The van der Waals surface area contributed by atoms with Crippen LogP contribution in [0.15, 0.2) is 4.79 Å². The lowest BCUT2D eigenvalue weighted by atomic mass is 10.1. The number of likely N-dealkylation sites (tertiary alicyclic amines) is 1. The van der Waals surface area contributed by atoms with Gasteiger partial charge in [0.2, 0.25) is 5.91 Å². The van der Waals surface area contributed by atoms with Crippen LogP contribution in [-0.4, -0.2) is 45.2 Å². The number of thioether (sulfide) groups is 1. The molecule has 0 aromatic carbocycles. The summed E-state index contributed by atoms with van der Waals surface area (Å²) in [5.41, 5.74) is 6.80. The van der Waals surface area contributed by atoms with Gasteiger partial charge in [0.15, 0.2) is 0 Å². The second-order valence-electron chi connectivity index (χ2n) is 6.59. The van der Waals surface area contributed by atoms with E-state index in [-0.39, 0.29) is 35.2 Å². The van der Waals surface area contributed by atoms with E-state index in [1.807, 2.05) is 25.7 Å². The van der Waals surface area contributed by atoms with Gasteiger partial charge in [-0.15, -0.1) is 35.5 Å². The number of hydrogen-bond acceptors (Lipinski definition) is 6. The van der Waals surface area contributed by atoms with Gasteiger partial charge in [-0.1, -0.05) is 0 Å². The number of piperidine rings is 1. The second-order valence-corrected chi connectivity index (χ2v) is 9.12. The molecule has 144 valence electrons. The van der Waals surface area contributed by atoms with Gasteiger partial charge in [-0.2, -0.15) is 0 Å². The first-order valence-corrected chi connectivity index (χ1v) is 10.4. The highest BCUT2D eigenvalue weighted by molar-refractivity contribution is 7.99. The third kappa shape index (κ3) is 4.42. The van der Waals surface area contributed by atoms with E-state index in [9.17, 15) is 9.59 Å². The third-order valence-corrected chi connectivity index (χ3v) is 7.00. The molecule has 2 aromatic heterocycles. The highest BCUT2D eigenvalue weighted by Gasteiger charge is 2.25. The predicted octanol–water partition coefficient (Wildman–Crippen LogP) is 2.59. The van der Waals surface area contributed by atoms with Gasteiger partial charge in [0, 0.05) is 24.0 Å². The first kappa shape index (κ1) is 21.2. The molecule has 1 aliphatic rings. The number of nitrogens with two attached hydrogens (primary N) is 1. The summed E-state index contributed by atoms with van der Waals surface area (Å²) in [5, 5.41) is 0.521. The number of H-pyrrole nitrogens is 1. The fraction of sp³-hybridized carbons (Fsp3) is 0.588. The minimum Gasteiger partial charge on any atom is -0.342 e. The van der Waals surface area contributed by atoms with E-state index in [2.05, 4.69) is 9.97 Å². The quantitative estimate of drug-likeness (QED) is 0.799.